The van der Waals surface area contributed by atoms with Crippen molar-refractivity contribution in [3.8, 4) is 0 Å². The Morgan fingerprint density at radius 2 is 0.281 bits per heavy atom. The first-order chi connectivity index (χ1) is 31.5. The molecule has 1 fully saturated rings. The van der Waals surface area contributed by atoms with Gasteiger partial charge in [0, 0.05) is 48.4 Å². The van der Waals surface area contributed by atoms with Gasteiger partial charge in [-0.05, 0) is 44.5 Å². The van der Waals surface area contributed by atoms with E-state index in [1.807, 2.05) is 0 Å². The molecule has 0 atom stereocenters. The highest BCUT2D eigenvalue weighted by atomic mass is 28.5. The number of hydrogen-bond donors (Lipinski definition) is 0. The Bertz CT molecular complexity index is 2060. The largest absolute Gasteiger partial charge is 0.415 e. The van der Waals surface area contributed by atoms with Crippen molar-refractivity contribution in [3.05, 3.63) is 287 Å². The standard InChI is InChI=1S/C56H56O4Si4/c1-9-25-49(26-10-1)41-61(42-50-27-11-2-12-28-50)57-62(43-51-29-13-3-14-30-51,44-52-31-15-4-16-32-52)59-64(47-55-37-21-7-22-38-55,48-56-39-23-8-24-40-56)60-63(58-61,45-53-33-17-5-18-34-53)46-54-35-19-6-20-36-54/h1-40H,41-48H2. The molecule has 1 saturated heterocycles. The second-order valence-electron chi connectivity index (χ2n) is 17.3. The predicted molar refractivity (Wildman–Crippen MR) is 269 cm³/mol. The summed E-state index contributed by atoms with van der Waals surface area (Å²) in [7, 11) is -13.9. The molecule has 1 aliphatic rings. The van der Waals surface area contributed by atoms with E-state index in [0.717, 1.165) is 0 Å². The van der Waals surface area contributed by atoms with Gasteiger partial charge in [-0.25, -0.2) is 0 Å². The summed E-state index contributed by atoms with van der Waals surface area (Å²) in [4.78, 5) is 0. The average Bonchev–Trinajstić information content (AvgIpc) is 3.31. The Labute approximate surface area is 384 Å². The highest BCUT2D eigenvalue weighted by Crippen LogP contribution is 2.41. The molecule has 8 aromatic rings. The fourth-order valence-corrected chi connectivity index (χ4v) is 34.5. The highest BCUT2D eigenvalue weighted by Gasteiger charge is 2.63. The third-order valence-corrected chi connectivity index (χ3v) is 31.5. The van der Waals surface area contributed by atoms with Crippen molar-refractivity contribution in [3.63, 3.8) is 0 Å². The van der Waals surface area contributed by atoms with Crippen LogP contribution in [0.4, 0.5) is 0 Å². The van der Waals surface area contributed by atoms with Gasteiger partial charge in [-0.1, -0.05) is 243 Å². The first-order valence-electron chi connectivity index (χ1n) is 22.6. The van der Waals surface area contributed by atoms with Gasteiger partial charge in [-0.15, -0.1) is 0 Å². The molecule has 8 heteroatoms. The SMILES string of the molecule is c1ccc(C[Si]2(Cc3ccccc3)O[Si](Cc3ccccc3)(Cc3ccccc3)O[Si](Cc3ccccc3)(Cc3ccccc3)O[Si](Cc3ccccc3)(Cc3ccccc3)O2)cc1. The summed E-state index contributed by atoms with van der Waals surface area (Å²) in [5, 5.41) is 0. The zero-order valence-electron chi connectivity index (χ0n) is 36.4. The molecule has 4 nitrogen and oxygen atoms in total. The molecule has 0 radical (unpaired) electrons. The molecule has 0 amide bonds. The molecule has 0 saturated carbocycles. The van der Waals surface area contributed by atoms with E-state index < -0.39 is 34.2 Å². The minimum absolute atomic E-state index is 0.651. The van der Waals surface area contributed by atoms with Crippen molar-refractivity contribution >= 4 is 34.2 Å². The van der Waals surface area contributed by atoms with Gasteiger partial charge >= 0.3 is 34.2 Å². The van der Waals surface area contributed by atoms with Crippen LogP contribution in [-0.2, 0) is 64.8 Å². The molecule has 0 aromatic heterocycles. The minimum Gasteiger partial charge on any atom is -0.415 e. The van der Waals surface area contributed by atoms with Crippen LogP contribution in [0, 0.1) is 0 Å². The van der Waals surface area contributed by atoms with Gasteiger partial charge in [0.15, 0.2) is 0 Å². The zero-order chi connectivity index (χ0) is 43.4. The fourth-order valence-electron chi connectivity index (χ4n) is 9.52. The molecule has 8 aromatic carbocycles. The van der Waals surface area contributed by atoms with Crippen LogP contribution >= 0.6 is 0 Å². The van der Waals surface area contributed by atoms with Crippen LogP contribution in [0.2, 0.25) is 0 Å². The highest BCUT2D eigenvalue weighted by molar-refractivity contribution is 6.94. The van der Waals surface area contributed by atoms with Gasteiger partial charge in [0.25, 0.3) is 0 Å². The summed E-state index contributed by atoms with van der Waals surface area (Å²) in [6.45, 7) is 0. The maximum atomic E-state index is 8.57. The Hall–Kier alpha value is -5.53. The van der Waals surface area contributed by atoms with Crippen LogP contribution < -0.4 is 0 Å². The van der Waals surface area contributed by atoms with Crippen LogP contribution in [0.15, 0.2) is 243 Å². The van der Waals surface area contributed by atoms with Gasteiger partial charge in [-0.3, -0.25) is 0 Å². The molecule has 1 aliphatic heterocycles. The third-order valence-electron chi connectivity index (χ3n) is 12.0. The molecule has 64 heavy (non-hydrogen) atoms. The summed E-state index contributed by atoms with van der Waals surface area (Å²) < 4.78 is 34.3. The van der Waals surface area contributed by atoms with Gasteiger partial charge in [0.2, 0.25) is 0 Å². The molecular weight excluding hydrogens is 849 g/mol. The minimum atomic E-state index is -3.48. The number of hydrogen-bond acceptors (Lipinski definition) is 4. The van der Waals surface area contributed by atoms with Crippen LogP contribution in [0.1, 0.15) is 44.5 Å². The lowest BCUT2D eigenvalue weighted by atomic mass is 10.2. The maximum absolute atomic E-state index is 8.57. The lowest BCUT2D eigenvalue weighted by molar-refractivity contribution is 0.204. The van der Waals surface area contributed by atoms with Crippen molar-refractivity contribution < 1.29 is 16.5 Å². The van der Waals surface area contributed by atoms with E-state index in [2.05, 4.69) is 243 Å². The van der Waals surface area contributed by atoms with E-state index in [1.54, 1.807) is 0 Å². The van der Waals surface area contributed by atoms with Crippen LogP contribution in [0.5, 0.6) is 0 Å². The molecule has 0 N–H and O–H groups in total. The van der Waals surface area contributed by atoms with Crippen LogP contribution in [-0.4, -0.2) is 34.2 Å². The summed E-state index contributed by atoms with van der Waals surface area (Å²) in [6.07, 6.45) is 0. The Kier molecular flexibility index (Phi) is 14.0. The Morgan fingerprint density at radius 1 is 0.172 bits per heavy atom. The first kappa shape index (κ1) is 43.7. The van der Waals surface area contributed by atoms with Crippen molar-refractivity contribution in [2.24, 2.45) is 0 Å². The van der Waals surface area contributed by atoms with Gasteiger partial charge in [0.05, 0.1) is 0 Å². The summed E-state index contributed by atoms with van der Waals surface area (Å²) >= 11 is 0. The second kappa shape index (κ2) is 20.5. The molecular formula is C56H56O4Si4. The zero-order valence-corrected chi connectivity index (χ0v) is 40.4. The summed E-state index contributed by atoms with van der Waals surface area (Å²) in [6, 6.07) is 92.2. The Morgan fingerprint density at radius 3 is 0.391 bits per heavy atom. The van der Waals surface area contributed by atoms with Gasteiger partial charge < -0.3 is 16.5 Å². The topological polar surface area (TPSA) is 36.9 Å². The molecule has 320 valence electrons. The van der Waals surface area contributed by atoms with Crippen molar-refractivity contribution in [1.82, 2.24) is 0 Å². The molecule has 0 bridgehead atoms. The predicted octanol–water partition coefficient (Wildman–Crippen LogP) is 12.1. The fraction of sp³-hybridized carbons (Fsp3) is 0.143. The lowest BCUT2D eigenvalue weighted by Gasteiger charge is -2.54. The van der Waals surface area contributed by atoms with E-state index in [0.29, 0.717) is 48.4 Å². The first-order valence-corrected chi connectivity index (χ1v) is 31.5. The summed E-state index contributed by atoms with van der Waals surface area (Å²) in [5.41, 5.74) is 9.61. The van der Waals surface area contributed by atoms with Crippen molar-refractivity contribution in [2.75, 3.05) is 0 Å². The van der Waals surface area contributed by atoms with Crippen LogP contribution in [0.3, 0.4) is 0 Å². The van der Waals surface area contributed by atoms with E-state index >= 15 is 0 Å². The second-order valence-corrected chi connectivity index (χ2v) is 30.7. The van der Waals surface area contributed by atoms with Gasteiger partial charge in [0.1, 0.15) is 0 Å². The quantitative estimate of drug-likeness (QED) is 0.0906. The number of rotatable bonds is 16. The third kappa shape index (κ3) is 11.6. The van der Waals surface area contributed by atoms with Crippen LogP contribution in [0.25, 0.3) is 0 Å². The normalized spacial score (nSPS) is 16.2. The number of benzene rings is 8. The monoisotopic (exact) mass is 904 g/mol. The van der Waals surface area contributed by atoms with Crippen molar-refractivity contribution in [1.29, 1.82) is 0 Å². The van der Waals surface area contributed by atoms with E-state index in [-0.39, 0.29) is 0 Å². The molecule has 1 heterocycles. The maximum Gasteiger partial charge on any atom is 0.329 e. The molecule has 9 rings (SSSR count). The smallest absolute Gasteiger partial charge is 0.329 e. The van der Waals surface area contributed by atoms with Crippen molar-refractivity contribution in [2.45, 2.75) is 48.4 Å². The van der Waals surface area contributed by atoms with E-state index in [4.69, 9.17) is 16.5 Å². The molecule has 0 aliphatic carbocycles. The average molecular weight is 905 g/mol. The Balaban J connectivity index is 1.35. The van der Waals surface area contributed by atoms with Gasteiger partial charge in [-0.2, -0.15) is 0 Å². The van der Waals surface area contributed by atoms with E-state index in [1.165, 1.54) is 44.5 Å². The summed E-state index contributed by atoms with van der Waals surface area (Å²) in [5.74, 6) is 0. The van der Waals surface area contributed by atoms with E-state index in [9.17, 15) is 0 Å². The lowest BCUT2D eigenvalue weighted by Crippen LogP contribution is -2.75. The molecule has 0 spiro atoms. The molecule has 0 unspecified atom stereocenters.